The van der Waals surface area contributed by atoms with E-state index in [1.807, 2.05) is 31.2 Å². The Balaban J connectivity index is 1.76. The van der Waals surface area contributed by atoms with Crippen LogP contribution in [0.3, 0.4) is 0 Å². The summed E-state index contributed by atoms with van der Waals surface area (Å²) in [6.45, 7) is 7.34. The molecule has 1 N–H and O–H groups in total. The van der Waals surface area contributed by atoms with Crippen LogP contribution in [0.25, 0.3) is 11.1 Å². The monoisotopic (exact) mass is 387 g/mol. The predicted molar refractivity (Wildman–Crippen MR) is 105 cm³/mol. The van der Waals surface area contributed by atoms with Crippen LogP contribution in [0, 0.1) is 6.92 Å². The van der Waals surface area contributed by atoms with Crippen molar-refractivity contribution in [3.8, 4) is 16.9 Å². The van der Waals surface area contributed by atoms with E-state index in [4.69, 9.17) is 21.1 Å². The molecule has 2 aromatic rings. The van der Waals surface area contributed by atoms with Crippen LogP contribution in [0.4, 0.5) is 4.79 Å². The number of rotatable bonds is 3. The van der Waals surface area contributed by atoms with Crippen molar-refractivity contribution in [2.24, 2.45) is 0 Å². The van der Waals surface area contributed by atoms with Crippen LogP contribution < -0.4 is 10.1 Å². The average molecular weight is 388 g/mol. The van der Waals surface area contributed by atoms with Gasteiger partial charge in [-0.3, -0.25) is 4.79 Å². The van der Waals surface area contributed by atoms with E-state index in [-0.39, 0.29) is 12.3 Å². The third kappa shape index (κ3) is 4.42. The van der Waals surface area contributed by atoms with Gasteiger partial charge >= 0.3 is 6.09 Å². The zero-order valence-electron chi connectivity index (χ0n) is 15.8. The van der Waals surface area contributed by atoms with Crippen LogP contribution in [0.2, 0.25) is 5.02 Å². The minimum absolute atomic E-state index is 0.0125. The van der Waals surface area contributed by atoms with Gasteiger partial charge in [-0.15, -0.1) is 0 Å². The number of ketones is 1. The molecule has 0 saturated heterocycles. The minimum Gasteiger partial charge on any atom is -0.478 e. The lowest BCUT2D eigenvalue weighted by molar-refractivity contribution is 0.0503. The summed E-state index contributed by atoms with van der Waals surface area (Å²) in [6, 6.07) is 11.5. The van der Waals surface area contributed by atoms with E-state index in [1.165, 1.54) is 0 Å². The normalized spacial score (nSPS) is 15.9. The highest BCUT2D eigenvalue weighted by Crippen LogP contribution is 2.39. The first-order valence-electron chi connectivity index (χ1n) is 8.72. The number of alkyl carbamates (subject to hydrolysis) is 1. The smallest absolute Gasteiger partial charge is 0.407 e. The molecule has 0 saturated carbocycles. The number of halogens is 1. The molecule has 142 valence electrons. The van der Waals surface area contributed by atoms with Crippen molar-refractivity contribution in [1.82, 2.24) is 5.32 Å². The summed E-state index contributed by atoms with van der Waals surface area (Å²) in [5, 5.41) is 2.94. The second-order valence-corrected chi connectivity index (χ2v) is 7.96. The van der Waals surface area contributed by atoms with Crippen molar-refractivity contribution in [2.75, 3.05) is 6.54 Å². The number of carbonyl (C=O) groups is 2. The molecule has 2 aromatic carbocycles. The number of benzene rings is 2. The number of Topliss-reactive ketones (excluding diaryl/α,β-unsaturated/α-hetero) is 1. The van der Waals surface area contributed by atoms with Crippen LogP contribution in [-0.2, 0) is 4.74 Å². The van der Waals surface area contributed by atoms with E-state index in [1.54, 1.807) is 32.9 Å². The first-order valence-corrected chi connectivity index (χ1v) is 9.10. The standard InChI is InChI=1S/C21H22ClNO4/c1-12-5-7-13(8-6-12)14-9-15-18(24)17(26-19(15)16(22)10-14)11-23-20(25)27-21(2,3)4/h5-10,17H,11H2,1-4H3,(H,23,25). The molecule has 3 rings (SSSR count). The van der Waals surface area contributed by atoms with Crippen LogP contribution in [0.5, 0.6) is 5.75 Å². The number of nitrogens with one attached hydrogen (secondary N) is 1. The van der Waals surface area contributed by atoms with Gasteiger partial charge in [0.25, 0.3) is 0 Å². The van der Waals surface area contributed by atoms with E-state index in [0.29, 0.717) is 16.3 Å². The van der Waals surface area contributed by atoms with Crippen LogP contribution in [0.15, 0.2) is 36.4 Å². The Morgan fingerprint density at radius 1 is 1.19 bits per heavy atom. The van der Waals surface area contributed by atoms with Gasteiger partial charge < -0.3 is 14.8 Å². The third-order valence-corrected chi connectivity index (χ3v) is 4.36. The molecule has 0 bridgehead atoms. The summed E-state index contributed by atoms with van der Waals surface area (Å²) in [5.41, 5.74) is 2.78. The Kier molecular flexibility index (Phi) is 5.16. The van der Waals surface area contributed by atoms with E-state index >= 15 is 0 Å². The summed E-state index contributed by atoms with van der Waals surface area (Å²) >= 11 is 6.35. The summed E-state index contributed by atoms with van der Waals surface area (Å²) in [4.78, 5) is 24.5. The summed E-state index contributed by atoms with van der Waals surface area (Å²) < 4.78 is 10.9. The molecular formula is C21H22ClNO4. The molecule has 5 nitrogen and oxygen atoms in total. The average Bonchev–Trinajstić information content (AvgIpc) is 2.89. The molecule has 0 fully saturated rings. The van der Waals surface area contributed by atoms with Crippen molar-refractivity contribution < 1.29 is 19.1 Å². The molecule has 27 heavy (non-hydrogen) atoms. The SMILES string of the molecule is Cc1ccc(-c2cc(Cl)c3c(c2)C(=O)C(CNC(=O)OC(C)(C)C)O3)cc1. The number of hydrogen-bond donors (Lipinski definition) is 1. The van der Waals surface area contributed by atoms with E-state index in [0.717, 1.165) is 16.7 Å². The van der Waals surface area contributed by atoms with Gasteiger partial charge in [0.05, 0.1) is 17.1 Å². The minimum atomic E-state index is -0.821. The van der Waals surface area contributed by atoms with Gasteiger partial charge in [0.15, 0.2) is 6.10 Å². The number of aryl methyl sites for hydroxylation is 1. The molecule has 1 heterocycles. The molecule has 1 aliphatic heterocycles. The van der Waals surface area contributed by atoms with Gasteiger partial charge in [-0.05, 0) is 51.0 Å². The van der Waals surface area contributed by atoms with E-state index < -0.39 is 17.8 Å². The molecule has 0 aromatic heterocycles. The van der Waals surface area contributed by atoms with Crippen LogP contribution in [-0.4, -0.2) is 30.1 Å². The quantitative estimate of drug-likeness (QED) is 0.822. The van der Waals surface area contributed by atoms with E-state index in [2.05, 4.69) is 5.32 Å². The maximum absolute atomic E-state index is 12.7. The fraction of sp³-hybridized carbons (Fsp3) is 0.333. The van der Waals surface area contributed by atoms with Crippen molar-refractivity contribution in [3.05, 3.63) is 52.5 Å². The Morgan fingerprint density at radius 3 is 2.48 bits per heavy atom. The highest BCUT2D eigenvalue weighted by Gasteiger charge is 2.35. The number of ether oxygens (including phenoxy) is 2. The van der Waals surface area contributed by atoms with Crippen molar-refractivity contribution >= 4 is 23.5 Å². The summed E-state index contributed by atoms with van der Waals surface area (Å²) in [7, 11) is 0. The molecular weight excluding hydrogens is 366 g/mol. The maximum atomic E-state index is 12.7. The zero-order chi connectivity index (χ0) is 19.8. The largest absolute Gasteiger partial charge is 0.478 e. The topological polar surface area (TPSA) is 64.6 Å². The Hall–Kier alpha value is -2.53. The van der Waals surface area contributed by atoms with Gasteiger partial charge in [-0.1, -0.05) is 41.4 Å². The maximum Gasteiger partial charge on any atom is 0.407 e. The second kappa shape index (κ2) is 7.24. The molecule has 1 amide bonds. The van der Waals surface area contributed by atoms with Gasteiger partial charge in [0, 0.05) is 0 Å². The molecule has 0 spiro atoms. The lowest BCUT2D eigenvalue weighted by Gasteiger charge is -2.20. The fourth-order valence-corrected chi connectivity index (χ4v) is 3.07. The first-order chi connectivity index (χ1) is 12.6. The number of amides is 1. The highest BCUT2D eigenvalue weighted by atomic mass is 35.5. The van der Waals surface area contributed by atoms with Gasteiger partial charge in [0.1, 0.15) is 11.4 Å². The van der Waals surface area contributed by atoms with Crippen molar-refractivity contribution in [2.45, 2.75) is 39.4 Å². The number of hydrogen-bond acceptors (Lipinski definition) is 4. The second-order valence-electron chi connectivity index (χ2n) is 7.55. The molecule has 1 atom stereocenters. The summed E-state index contributed by atoms with van der Waals surface area (Å²) in [6.07, 6.45) is -1.42. The number of fused-ring (bicyclic) bond motifs is 1. The summed E-state index contributed by atoms with van der Waals surface area (Å²) in [5.74, 6) is 0.144. The van der Waals surface area contributed by atoms with Crippen LogP contribution >= 0.6 is 11.6 Å². The molecule has 1 unspecified atom stereocenters. The Morgan fingerprint density at radius 2 is 1.85 bits per heavy atom. The third-order valence-electron chi connectivity index (χ3n) is 4.08. The lowest BCUT2D eigenvalue weighted by Crippen LogP contribution is -2.40. The lowest BCUT2D eigenvalue weighted by atomic mass is 9.99. The molecule has 0 radical (unpaired) electrons. The molecule has 0 aliphatic carbocycles. The molecule has 1 aliphatic rings. The number of carbonyl (C=O) groups excluding carboxylic acids is 2. The van der Waals surface area contributed by atoms with Crippen molar-refractivity contribution in [3.63, 3.8) is 0 Å². The van der Waals surface area contributed by atoms with Crippen molar-refractivity contribution in [1.29, 1.82) is 0 Å². The van der Waals surface area contributed by atoms with E-state index in [9.17, 15) is 9.59 Å². The molecule has 6 heteroatoms. The fourth-order valence-electron chi connectivity index (χ4n) is 2.80. The Bertz CT molecular complexity index is 884. The van der Waals surface area contributed by atoms with Gasteiger partial charge in [-0.25, -0.2) is 4.79 Å². The predicted octanol–water partition coefficient (Wildman–Crippen LogP) is 4.78. The first kappa shape index (κ1) is 19.2. The highest BCUT2D eigenvalue weighted by molar-refractivity contribution is 6.33. The Labute approximate surface area is 163 Å². The van der Waals surface area contributed by atoms with Crippen LogP contribution in [0.1, 0.15) is 36.7 Å². The van der Waals surface area contributed by atoms with Gasteiger partial charge in [-0.2, -0.15) is 0 Å². The zero-order valence-corrected chi connectivity index (χ0v) is 16.5. The van der Waals surface area contributed by atoms with Gasteiger partial charge in [0.2, 0.25) is 5.78 Å².